The van der Waals surface area contributed by atoms with Gasteiger partial charge in [-0.3, -0.25) is 0 Å². The zero-order valence-electron chi connectivity index (χ0n) is 10.6. The Balaban J connectivity index is 2.50. The van der Waals surface area contributed by atoms with Gasteiger partial charge in [-0.05, 0) is 36.6 Å². The van der Waals surface area contributed by atoms with E-state index < -0.39 is 0 Å². The molecule has 0 fully saturated rings. The van der Waals surface area contributed by atoms with Crippen LogP contribution in [0.1, 0.15) is 30.8 Å². The number of hydrogen-bond donors (Lipinski definition) is 0. The highest BCUT2D eigenvalue weighted by Crippen LogP contribution is 2.24. The second-order valence-electron chi connectivity index (χ2n) is 4.17. The van der Waals surface area contributed by atoms with Crippen LogP contribution in [0.5, 0.6) is 0 Å². The molecule has 2 aromatic rings. The first-order valence-electron chi connectivity index (χ1n) is 6.12. The van der Waals surface area contributed by atoms with Crippen LogP contribution >= 0.6 is 23.2 Å². The Bertz CT molecular complexity index is 547. The molecule has 0 saturated heterocycles. The molecule has 2 rings (SSSR count). The fourth-order valence-electron chi connectivity index (χ4n) is 1.91. The first kappa shape index (κ1) is 13.4. The van der Waals surface area contributed by atoms with Crippen molar-refractivity contribution in [2.75, 3.05) is 0 Å². The van der Waals surface area contributed by atoms with E-state index in [1.54, 1.807) is 0 Å². The molecule has 0 aliphatic heterocycles. The van der Waals surface area contributed by atoms with Crippen LogP contribution in [0, 0.1) is 0 Å². The smallest absolute Gasteiger partial charge is 0.0835 e. The summed E-state index contributed by atoms with van der Waals surface area (Å²) < 4.78 is 1.93. The second kappa shape index (κ2) is 5.77. The van der Waals surface area contributed by atoms with Crippen molar-refractivity contribution in [3.05, 3.63) is 46.2 Å². The van der Waals surface area contributed by atoms with Gasteiger partial charge < -0.3 is 0 Å². The lowest BCUT2D eigenvalue weighted by atomic mass is 10.2. The Hall–Kier alpha value is -0.990. The maximum absolute atomic E-state index is 6.30. The van der Waals surface area contributed by atoms with E-state index >= 15 is 0 Å². The highest BCUT2D eigenvalue weighted by molar-refractivity contribution is 6.32. The largest absolute Gasteiger partial charge is 0.236 e. The molecular formula is C14H16Cl2N2. The Morgan fingerprint density at radius 2 is 1.94 bits per heavy atom. The number of hydrogen-bond acceptors (Lipinski definition) is 1. The third kappa shape index (κ3) is 2.55. The van der Waals surface area contributed by atoms with Crippen molar-refractivity contribution in [2.24, 2.45) is 0 Å². The lowest BCUT2D eigenvalue weighted by Gasteiger charge is -2.09. The van der Waals surface area contributed by atoms with Gasteiger partial charge in [-0.1, -0.05) is 31.5 Å². The minimum Gasteiger partial charge on any atom is -0.236 e. The molecule has 0 N–H and O–H groups in total. The van der Waals surface area contributed by atoms with E-state index in [0.29, 0.717) is 10.9 Å². The van der Waals surface area contributed by atoms with Gasteiger partial charge in [-0.2, -0.15) is 5.10 Å². The predicted octanol–water partition coefficient (Wildman–Crippen LogP) is 4.39. The molecule has 4 heteroatoms. The van der Waals surface area contributed by atoms with Crippen LogP contribution < -0.4 is 0 Å². The molecule has 0 aliphatic rings. The quantitative estimate of drug-likeness (QED) is 0.761. The molecule has 0 spiro atoms. The summed E-state index contributed by atoms with van der Waals surface area (Å²) in [5.74, 6) is 0.472. The molecule has 0 saturated carbocycles. The van der Waals surface area contributed by atoms with E-state index in [9.17, 15) is 0 Å². The van der Waals surface area contributed by atoms with Crippen LogP contribution in [-0.4, -0.2) is 9.78 Å². The minimum atomic E-state index is 0.472. The molecule has 0 unspecified atom stereocenters. The zero-order valence-corrected chi connectivity index (χ0v) is 12.1. The van der Waals surface area contributed by atoms with Crippen LogP contribution in [0.15, 0.2) is 24.3 Å². The normalized spacial score (nSPS) is 10.9. The van der Waals surface area contributed by atoms with Gasteiger partial charge in [0.2, 0.25) is 0 Å². The summed E-state index contributed by atoms with van der Waals surface area (Å²) in [5, 5.41) is 5.27. The zero-order chi connectivity index (χ0) is 13.1. The summed E-state index contributed by atoms with van der Waals surface area (Å²) in [5.41, 5.74) is 4.20. The Labute approximate surface area is 118 Å². The van der Waals surface area contributed by atoms with Gasteiger partial charge in [0, 0.05) is 11.6 Å². The maximum atomic E-state index is 6.30. The van der Waals surface area contributed by atoms with Gasteiger partial charge in [0.25, 0.3) is 0 Å². The third-order valence-corrected chi connectivity index (χ3v) is 3.56. The molecule has 2 nitrogen and oxygen atoms in total. The van der Waals surface area contributed by atoms with Crippen LogP contribution in [0.25, 0.3) is 5.69 Å². The van der Waals surface area contributed by atoms with Gasteiger partial charge in [0.05, 0.1) is 16.4 Å². The first-order valence-corrected chi connectivity index (χ1v) is 7.03. The van der Waals surface area contributed by atoms with Crippen LogP contribution in [0.3, 0.4) is 0 Å². The summed E-state index contributed by atoms with van der Waals surface area (Å²) in [4.78, 5) is 0. The summed E-state index contributed by atoms with van der Waals surface area (Å²) in [7, 11) is 0. The third-order valence-electron chi connectivity index (χ3n) is 2.95. The van der Waals surface area contributed by atoms with Crippen LogP contribution in [0.2, 0.25) is 5.02 Å². The second-order valence-corrected chi connectivity index (χ2v) is 4.84. The molecular weight excluding hydrogens is 267 g/mol. The average Bonchev–Trinajstić information content (AvgIpc) is 2.81. The van der Waals surface area contributed by atoms with E-state index in [-0.39, 0.29) is 0 Å². The number of rotatable bonds is 4. The topological polar surface area (TPSA) is 17.8 Å². The van der Waals surface area contributed by atoms with Gasteiger partial charge in [-0.15, -0.1) is 11.6 Å². The maximum Gasteiger partial charge on any atom is 0.0835 e. The fraction of sp³-hybridized carbons (Fsp3) is 0.357. The predicted molar refractivity (Wildman–Crippen MR) is 76.9 cm³/mol. The van der Waals surface area contributed by atoms with E-state index in [1.807, 2.05) is 22.9 Å². The lowest BCUT2D eigenvalue weighted by Crippen LogP contribution is -2.02. The fourth-order valence-corrected chi connectivity index (χ4v) is 2.36. The molecule has 1 aromatic carbocycles. The van der Waals surface area contributed by atoms with Crippen LogP contribution in [0.4, 0.5) is 0 Å². The molecule has 96 valence electrons. The van der Waals surface area contributed by atoms with Crippen molar-refractivity contribution < 1.29 is 0 Å². The number of aryl methyl sites for hydroxylation is 2. The van der Waals surface area contributed by atoms with Gasteiger partial charge in [0.15, 0.2) is 0 Å². The van der Waals surface area contributed by atoms with E-state index in [0.717, 1.165) is 29.8 Å². The SMILES string of the molecule is CCc1cc(CC)n(-c2ccc(CCl)cc2Cl)n1. The number of benzene rings is 1. The number of alkyl halides is 1. The summed E-state index contributed by atoms with van der Waals surface area (Å²) in [6, 6.07) is 8.00. The van der Waals surface area contributed by atoms with Crippen molar-refractivity contribution in [1.29, 1.82) is 0 Å². The molecule has 0 aliphatic carbocycles. The van der Waals surface area contributed by atoms with Gasteiger partial charge >= 0.3 is 0 Å². The molecule has 1 aromatic heterocycles. The molecule has 0 amide bonds. The molecule has 18 heavy (non-hydrogen) atoms. The van der Waals surface area contributed by atoms with Crippen molar-refractivity contribution in [1.82, 2.24) is 9.78 Å². The lowest BCUT2D eigenvalue weighted by molar-refractivity contribution is 0.794. The average molecular weight is 283 g/mol. The number of aromatic nitrogens is 2. The minimum absolute atomic E-state index is 0.472. The summed E-state index contributed by atoms with van der Waals surface area (Å²) in [6.45, 7) is 4.22. The molecule has 0 radical (unpaired) electrons. The van der Waals surface area contributed by atoms with Gasteiger partial charge in [-0.25, -0.2) is 4.68 Å². The molecule has 1 heterocycles. The van der Waals surface area contributed by atoms with Crippen molar-refractivity contribution in [3.63, 3.8) is 0 Å². The van der Waals surface area contributed by atoms with Crippen molar-refractivity contribution in [3.8, 4) is 5.69 Å². The molecule has 0 atom stereocenters. The van der Waals surface area contributed by atoms with Crippen LogP contribution in [-0.2, 0) is 18.7 Å². The van der Waals surface area contributed by atoms with Crippen molar-refractivity contribution >= 4 is 23.2 Å². The highest BCUT2D eigenvalue weighted by atomic mass is 35.5. The van der Waals surface area contributed by atoms with Gasteiger partial charge in [0.1, 0.15) is 0 Å². The Morgan fingerprint density at radius 1 is 1.17 bits per heavy atom. The Morgan fingerprint density at radius 3 is 2.50 bits per heavy atom. The summed E-state index contributed by atoms with van der Waals surface area (Å²) in [6.07, 6.45) is 1.86. The van der Waals surface area contributed by atoms with E-state index in [1.165, 1.54) is 5.69 Å². The summed E-state index contributed by atoms with van der Waals surface area (Å²) >= 11 is 12.1. The molecule has 0 bridgehead atoms. The van der Waals surface area contributed by atoms with Crippen molar-refractivity contribution in [2.45, 2.75) is 32.6 Å². The Kier molecular flexibility index (Phi) is 4.31. The number of halogens is 2. The number of nitrogens with zero attached hydrogens (tertiary/aromatic N) is 2. The standard InChI is InChI=1S/C14H16Cl2N2/c1-3-11-8-12(4-2)18(17-11)14-6-5-10(9-15)7-13(14)16/h5-8H,3-4,9H2,1-2H3. The van der Waals surface area contributed by atoms with E-state index in [4.69, 9.17) is 23.2 Å². The highest BCUT2D eigenvalue weighted by Gasteiger charge is 2.10. The monoisotopic (exact) mass is 282 g/mol. The van der Waals surface area contributed by atoms with E-state index in [2.05, 4.69) is 25.0 Å². The first-order chi connectivity index (χ1) is 8.69.